The number of likely N-dealkylation sites (tertiary alicyclic amines) is 1. The van der Waals surface area contributed by atoms with Crippen LogP contribution < -0.4 is 11.1 Å². The van der Waals surface area contributed by atoms with Crippen molar-refractivity contribution in [3.8, 4) is 0 Å². The molecule has 0 aromatic carbocycles. The molecule has 3 N–H and O–H groups in total. The topological polar surface area (TPSA) is 80.5 Å². The molecule has 1 saturated heterocycles. The van der Waals surface area contributed by atoms with Crippen molar-refractivity contribution in [2.24, 2.45) is 5.92 Å². The number of rotatable bonds is 4. The minimum atomic E-state index is -0.439. The number of ether oxygens (including phenoxy) is 1. The molecule has 1 unspecified atom stereocenters. The highest BCUT2D eigenvalue weighted by molar-refractivity contribution is 5.97. The third kappa shape index (κ3) is 3.39. The fraction of sp³-hybridized carbons (Fsp3) is 0.571. The van der Waals surface area contributed by atoms with Gasteiger partial charge < -0.3 is 20.7 Å². The quantitative estimate of drug-likeness (QED) is 0.806. The van der Waals surface area contributed by atoms with Gasteiger partial charge in [-0.1, -0.05) is 0 Å². The van der Waals surface area contributed by atoms with Crippen molar-refractivity contribution in [1.82, 2.24) is 9.88 Å². The van der Waals surface area contributed by atoms with Crippen LogP contribution in [0.3, 0.4) is 0 Å². The molecule has 1 aliphatic rings. The lowest BCUT2D eigenvalue weighted by Gasteiger charge is -2.29. The van der Waals surface area contributed by atoms with Crippen LogP contribution >= 0.6 is 0 Å². The van der Waals surface area contributed by atoms with Crippen LogP contribution in [0.4, 0.5) is 11.5 Å². The molecule has 0 spiro atoms. The highest BCUT2D eigenvalue weighted by atomic mass is 16.5. The number of piperidine rings is 1. The molecule has 0 aliphatic carbocycles. The summed E-state index contributed by atoms with van der Waals surface area (Å²) in [6.45, 7) is 3.05. The second kappa shape index (κ2) is 6.56. The van der Waals surface area contributed by atoms with Gasteiger partial charge in [0.15, 0.2) is 0 Å². The molecule has 0 bridgehead atoms. The number of nitrogens with two attached hydrogens (primary N) is 1. The predicted octanol–water partition coefficient (Wildman–Crippen LogP) is 1.20. The minimum absolute atomic E-state index is 0.350. The Morgan fingerprint density at radius 3 is 3.15 bits per heavy atom. The largest absolute Gasteiger partial charge is 0.465 e. The van der Waals surface area contributed by atoms with Crippen molar-refractivity contribution in [1.29, 1.82) is 0 Å². The predicted molar refractivity (Wildman–Crippen MR) is 78.7 cm³/mol. The van der Waals surface area contributed by atoms with E-state index < -0.39 is 5.97 Å². The number of carbonyl (C=O) groups excluding carboxylic acids is 1. The molecule has 0 radical (unpaired) electrons. The lowest BCUT2D eigenvalue weighted by molar-refractivity contribution is 0.0602. The third-order valence-electron chi connectivity index (χ3n) is 3.68. The van der Waals surface area contributed by atoms with Crippen molar-refractivity contribution < 1.29 is 9.53 Å². The summed E-state index contributed by atoms with van der Waals surface area (Å²) in [5, 5.41) is 3.25. The van der Waals surface area contributed by atoms with E-state index in [1.807, 2.05) is 0 Å². The summed E-state index contributed by atoms with van der Waals surface area (Å²) in [6, 6.07) is 1.57. The highest BCUT2D eigenvalue weighted by Gasteiger charge is 2.18. The first-order chi connectivity index (χ1) is 9.61. The van der Waals surface area contributed by atoms with Crippen LogP contribution in [0.15, 0.2) is 12.3 Å². The van der Waals surface area contributed by atoms with Crippen molar-refractivity contribution in [3.05, 3.63) is 17.8 Å². The summed E-state index contributed by atoms with van der Waals surface area (Å²) in [7, 11) is 3.48. The van der Waals surface area contributed by atoms with Gasteiger partial charge in [-0.2, -0.15) is 0 Å². The first-order valence-corrected chi connectivity index (χ1v) is 6.87. The Hall–Kier alpha value is -1.82. The van der Waals surface area contributed by atoms with E-state index in [0.717, 1.165) is 19.6 Å². The van der Waals surface area contributed by atoms with Crippen molar-refractivity contribution >= 4 is 17.5 Å². The number of methoxy groups -OCH3 is 1. The van der Waals surface area contributed by atoms with E-state index in [9.17, 15) is 4.79 Å². The second-order valence-corrected chi connectivity index (χ2v) is 5.26. The standard InChI is InChI=1S/C14H22N4O2/c1-18-7-3-4-10(9-18)8-17-13-12(15)11(5-6-16-13)14(19)20-2/h5-6,10H,3-4,7-9,15H2,1-2H3,(H,16,17). The Kier molecular flexibility index (Phi) is 4.79. The Morgan fingerprint density at radius 1 is 1.65 bits per heavy atom. The summed E-state index contributed by atoms with van der Waals surface area (Å²) < 4.78 is 4.70. The zero-order valence-corrected chi connectivity index (χ0v) is 12.1. The van der Waals surface area contributed by atoms with Crippen molar-refractivity contribution in [2.75, 3.05) is 44.8 Å². The Morgan fingerprint density at radius 2 is 2.45 bits per heavy atom. The van der Waals surface area contributed by atoms with Gasteiger partial charge in [0, 0.05) is 19.3 Å². The molecule has 0 saturated carbocycles. The second-order valence-electron chi connectivity index (χ2n) is 5.26. The summed E-state index contributed by atoms with van der Waals surface area (Å²) in [5.41, 5.74) is 6.67. The monoisotopic (exact) mass is 278 g/mol. The molecular weight excluding hydrogens is 256 g/mol. The summed E-state index contributed by atoms with van der Waals surface area (Å²) in [5.74, 6) is 0.697. The molecule has 1 aliphatic heterocycles. The van der Waals surface area contributed by atoms with E-state index in [4.69, 9.17) is 10.5 Å². The van der Waals surface area contributed by atoms with Crippen LogP contribution in [-0.4, -0.2) is 49.6 Å². The molecule has 2 heterocycles. The minimum Gasteiger partial charge on any atom is -0.465 e. The molecule has 1 fully saturated rings. The van der Waals surface area contributed by atoms with E-state index in [1.54, 1.807) is 12.3 Å². The van der Waals surface area contributed by atoms with E-state index >= 15 is 0 Å². The Labute approximate surface area is 119 Å². The lowest BCUT2D eigenvalue weighted by Crippen LogP contribution is -2.35. The molecule has 110 valence electrons. The van der Waals surface area contributed by atoms with E-state index in [-0.39, 0.29) is 0 Å². The van der Waals surface area contributed by atoms with E-state index in [2.05, 4.69) is 22.2 Å². The van der Waals surface area contributed by atoms with Crippen molar-refractivity contribution in [3.63, 3.8) is 0 Å². The summed E-state index contributed by atoms with van der Waals surface area (Å²) in [4.78, 5) is 18.1. The molecule has 2 rings (SSSR count). The van der Waals surface area contributed by atoms with Gasteiger partial charge in [-0.3, -0.25) is 0 Å². The number of nitrogen functional groups attached to an aromatic ring is 1. The zero-order valence-electron chi connectivity index (χ0n) is 12.1. The van der Waals surface area contributed by atoms with Gasteiger partial charge in [0.2, 0.25) is 0 Å². The van der Waals surface area contributed by atoms with Crippen LogP contribution in [0.2, 0.25) is 0 Å². The first kappa shape index (κ1) is 14.6. The molecule has 1 aromatic heterocycles. The number of pyridine rings is 1. The van der Waals surface area contributed by atoms with Crippen LogP contribution in [0.25, 0.3) is 0 Å². The van der Waals surface area contributed by atoms with Crippen LogP contribution in [0.5, 0.6) is 0 Å². The SMILES string of the molecule is COC(=O)c1ccnc(NCC2CCCN(C)C2)c1N. The van der Waals surface area contributed by atoms with Gasteiger partial charge in [0.1, 0.15) is 5.82 Å². The fourth-order valence-corrected chi connectivity index (χ4v) is 2.58. The number of nitrogens with one attached hydrogen (secondary N) is 1. The summed E-state index contributed by atoms with van der Waals surface area (Å²) in [6.07, 6.45) is 3.99. The molecule has 0 amide bonds. The number of hydrogen-bond donors (Lipinski definition) is 2. The third-order valence-corrected chi connectivity index (χ3v) is 3.68. The van der Waals surface area contributed by atoms with Gasteiger partial charge >= 0.3 is 5.97 Å². The average Bonchev–Trinajstić information content (AvgIpc) is 2.45. The van der Waals surface area contributed by atoms with E-state index in [0.29, 0.717) is 23.0 Å². The molecule has 20 heavy (non-hydrogen) atoms. The number of anilines is 2. The maximum atomic E-state index is 11.6. The van der Waals surface area contributed by atoms with Gasteiger partial charge in [-0.05, 0) is 38.4 Å². The zero-order chi connectivity index (χ0) is 14.5. The maximum Gasteiger partial charge on any atom is 0.340 e. The number of nitrogens with zero attached hydrogens (tertiary/aromatic N) is 2. The number of carbonyl (C=O) groups is 1. The molecule has 1 atom stereocenters. The van der Waals surface area contributed by atoms with Gasteiger partial charge in [-0.15, -0.1) is 0 Å². The molecule has 6 heteroatoms. The van der Waals surface area contributed by atoms with Gasteiger partial charge in [0.05, 0.1) is 18.4 Å². The lowest BCUT2D eigenvalue weighted by atomic mass is 9.98. The maximum absolute atomic E-state index is 11.6. The smallest absolute Gasteiger partial charge is 0.340 e. The number of hydrogen-bond acceptors (Lipinski definition) is 6. The molecule has 6 nitrogen and oxygen atoms in total. The van der Waals surface area contributed by atoms with E-state index in [1.165, 1.54) is 20.0 Å². The first-order valence-electron chi connectivity index (χ1n) is 6.87. The van der Waals surface area contributed by atoms with Crippen LogP contribution in [0.1, 0.15) is 23.2 Å². The number of aromatic nitrogens is 1. The Balaban J connectivity index is 2.01. The van der Waals surface area contributed by atoms with Gasteiger partial charge in [0.25, 0.3) is 0 Å². The van der Waals surface area contributed by atoms with Gasteiger partial charge in [-0.25, -0.2) is 9.78 Å². The fourth-order valence-electron chi connectivity index (χ4n) is 2.58. The van der Waals surface area contributed by atoms with Crippen LogP contribution in [-0.2, 0) is 4.74 Å². The molecule has 1 aromatic rings. The number of esters is 1. The van der Waals surface area contributed by atoms with Crippen LogP contribution in [0, 0.1) is 5.92 Å². The average molecular weight is 278 g/mol. The van der Waals surface area contributed by atoms with Crippen molar-refractivity contribution in [2.45, 2.75) is 12.8 Å². The molecular formula is C14H22N4O2. The summed E-state index contributed by atoms with van der Waals surface area (Å²) >= 11 is 0. The Bertz CT molecular complexity index is 478. The highest BCUT2D eigenvalue weighted by Crippen LogP contribution is 2.22. The normalized spacial score (nSPS) is 19.6.